The van der Waals surface area contributed by atoms with Gasteiger partial charge in [-0.15, -0.1) is 11.8 Å². The summed E-state index contributed by atoms with van der Waals surface area (Å²) in [4.78, 5) is 0.990. The zero-order valence-corrected chi connectivity index (χ0v) is 9.68. The van der Waals surface area contributed by atoms with Gasteiger partial charge in [0, 0.05) is 4.90 Å². The molecule has 0 saturated carbocycles. The Morgan fingerprint density at radius 3 is 2.53 bits per heavy atom. The van der Waals surface area contributed by atoms with Crippen LogP contribution in [0.15, 0.2) is 41.3 Å². The van der Waals surface area contributed by atoms with Crippen LogP contribution in [0.3, 0.4) is 0 Å². The van der Waals surface area contributed by atoms with Crippen molar-refractivity contribution in [1.29, 1.82) is 5.26 Å². The Balaban J connectivity index is 2.22. The minimum absolute atomic E-state index is 0.342. The Morgan fingerprint density at radius 1 is 1.27 bits per heavy atom. The van der Waals surface area contributed by atoms with Gasteiger partial charge in [0.15, 0.2) is 0 Å². The molecule has 0 N–H and O–H groups in total. The third-order valence-electron chi connectivity index (χ3n) is 2.41. The summed E-state index contributed by atoms with van der Waals surface area (Å²) in [5, 5.41) is 9.94. The number of halogens is 1. The van der Waals surface area contributed by atoms with Crippen LogP contribution in [-0.2, 0) is 0 Å². The van der Waals surface area contributed by atoms with Gasteiger partial charge in [0.1, 0.15) is 4.75 Å². The molecule has 15 heavy (non-hydrogen) atoms. The minimum Gasteiger partial charge on any atom is -0.197 e. The number of hydrogen-bond acceptors (Lipinski definition) is 2. The Bertz CT molecular complexity index is 425. The van der Waals surface area contributed by atoms with E-state index < -0.39 is 0 Å². The van der Waals surface area contributed by atoms with E-state index in [0.717, 1.165) is 22.8 Å². The van der Waals surface area contributed by atoms with Crippen molar-refractivity contribution in [3.8, 4) is 6.07 Å². The molecule has 3 heteroatoms. The second-order valence-electron chi connectivity index (χ2n) is 3.52. The number of thioether (sulfide) groups is 1. The molecule has 0 aliphatic heterocycles. The van der Waals surface area contributed by atoms with Crippen molar-refractivity contribution < 1.29 is 0 Å². The van der Waals surface area contributed by atoms with Gasteiger partial charge < -0.3 is 0 Å². The van der Waals surface area contributed by atoms with Gasteiger partial charge in [-0.25, -0.2) is 0 Å². The highest BCUT2D eigenvalue weighted by Gasteiger charge is 2.32. The lowest BCUT2D eigenvalue weighted by molar-refractivity contribution is 0.792. The van der Waals surface area contributed by atoms with Crippen molar-refractivity contribution in [3.63, 3.8) is 0 Å². The van der Waals surface area contributed by atoms with Crippen LogP contribution >= 0.6 is 23.4 Å². The Morgan fingerprint density at radius 2 is 1.93 bits per heavy atom. The molecule has 0 spiro atoms. The fourth-order valence-electron chi connectivity index (χ4n) is 1.57. The van der Waals surface area contributed by atoms with Gasteiger partial charge in [-0.2, -0.15) is 5.26 Å². The summed E-state index contributed by atoms with van der Waals surface area (Å²) in [6.07, 6.45) is 5.74. The fraction of sp³-hybridized carbons (Fsp3) is 0.250. The molecule has 0 bridgehead atoms. The molecule has 1 aliphatic rings. The summed E-state index contributed by atoms with van der Waals surface area (Å²) in [6, 6.07) is 10.1. The Hall–Kier alpha value is -0.910. The first kappa shape index (κ1) is 10.6. The standard InChI is InChI=1S/C12H10ClNS/c13-10-5-1-2-6-11(10)15-12(9-14)7-3-4-8-12/h1-6H,7-8H2. The van der Waals surface area contributed by atoms with Gasteiger partial charge in [-0.1, -0.05) is 35.9 Å². The predicted octanol–water partition coefficient (Wildman–Crippen LogP) is 4.04. The number of benzene rings is 1. The largest absolute Gasteiger partial charge is 0.197 e. The average Bonchev–Trinajstić information content (AvgIpc) is 2.71. The molecule has 2 rings (SSSR count). The molecular formula is C12H10ClNS. The summed E-state index contributed by atoms with van der Waals surface area (Å²) in [6.45, 7) is 0. The summed E-state index contributed by atoms with van der Waals surface area (Å²) in [7, 11) is 0. The van der Waals surface area contributed by atoms with Crippen LogP contribution in [0.5, 0.6) is 0 Å². The van der Waals surface area contributed by atoms with Crippen molar-refractivity contribution in [2.24, 2.45) is 0 Å². The molecule has 0 saturated heterocycles. The number of nitrogens with zero attached hydrogens (tertiary/aromatic N) is 1. The highest BCUT2D eigenvalue weighted by molar-refractivity contribution is 8.01. The average molecular weight is 236 g/mol. The SMILES string of the molecule is N#CC1(Sc2ccccc2Cl)CC=CC1. The Kier molecular flexibility index (Phi) is 3.04. The van der Waals surface area contributed by atoms with Crippen molar-refractivity contribution in [2.45, 2.75) is 22.5 Å². The zero-order chi connectivity index (χ0) is 10.7. The number of rotatable bonds is 2. The van der Waals surface area contributed by atoms with Gasteiger partial charge in [-0.3, -0.25) is 0 Å². The summed E-state index contributed by atoms with van der Waals surface area (Å²) >= 11 is 7.64. The van der Waals surface area contributed by atoms with E-state index >= 15 is 0 Å². The van der Waals surface area contributed by atoms with Crippen LogP contribution in [0.2, 0.25) is 5.02 Å². The summed E-state index contributed by atoms with van der Waals surface area (Å²) in [5.41, 5.74) is 0. The highest BCUT2D eigenvalue weighted by atomic mass is 35.5. The minimum atomic E-state index is -0.342. The summed E-state index contributed by atoms with van der Waals surface area (Å²) < 4.78 is -0.342. The maximum Gasteiger partial charge on any atom is 0.114 e. The van der Waals surface area contributed by atoms with Crippen LogP contribution < -0.4 is 0 Å². The van der Waals surface area contributed by atoms with E-state index in [0.29, 0.717) is 0 Å². The molecule has 0 heterocycles. The fourth-order valence-corrected chi connectivity index (χ4v) is 2.96. The molecule has 0 radical (unpaired) electrons. The lowest BCUT2D eigenvalue weighted by atomic mass is 10.1. The van der Waals surface area contributed by atoms with Gasteiger partial charge in [0.05, 0.1) is 11.1 Å². The molecular weight excluding hydrogens is 226 g/mol. The first-order valence-corrected chi connectivity index (χ1v) is 5.95. The van der Waals surface area contributed by atoms with Crippen LogP contribution in [0.1, 0.15) is 12.8 Å². The number of allylic oxidation sites excluding steroid dienone is 2. The highest BCUT2D eigenvalue weighted by Crippen LogP contribution is 2.43. The number of hydrogen-bond donors (Lipinski definition) is 0. The molecule has 1 aromatic carbocycles. The van der Waals surface area contributed by atoms with Crippen molar-refractivity contribution in [2.75, 3.05) is 0 Å². The molecule has 0 fully saturated rings. The third-order valence-corrected chi connectivity index (χ3v) is 4.24. The van der Waals surface area contributed by atoms with E-state index in [1.54, 1.807) is 11.8 Å². The third kappa shape index (κ3) is 2.19. The van der Waals surface area contributed by atoms with Gasteiger partial charge in [-0.05, 0) is 25.0 Å². The van der Waals surface area contributed by atoms with E-state index in [4.69, 9.17) is 11.6 Å². The molecule has 0 aromatic heterocycles. The summed E-state index contributed by atoms with van der Waals surface area (Å²) in [5.74, 6) is 0. The quantitative estimate of drug-likeness (QED) is 0.723. The van der Waals surface area contributed by atoms with Gasteiger partial charge in [0.2, 0.25) is 0 Å². The van der Waals surface area contributed by atoms with E-state index in [1.165, 1.54) is 0 Å². The van der Waals surface area contributed by atoms with E-state index in [-0.39, 0.29) is 4.75 Å². The molecule has 1 aromatic rings. The molecule has 1 nitrogen and oxygen atoms in total. The predicted molar refractivity (Wildman–Crippen MR) is 64.0 cm³/mol. The molecule has 76 valence electrons. The lowest BCUT2D eigenvalue weighted by Gasteiger charge is -2.19. The number of nitriles is 1. The van der Waals surface area contributed by atoms with Gasteiger partial charge in [0.25, 0.3) is 0 Å². The zero-order valence-electron chi connectivity index (χ0n) is 8.11. The Labute approximate surface area is 98.7 Å². The van der Waals surface area contributed by atoms with E-state index in [2.05, 4.69) is 18.2 Å². The van der Waals surface area contributed by atoms with Crippen molar-refractivity contribution in [3.05, 3.63) is 41.4 Å². The van der Waals surface area contributed by atoms with Crippen LogP contribution in [0, 0.1) is 11.3 Å². The molecule has 0 atom stereocenters. The maximum absolute atomic E-state index is 9.21. The first-order chi connectivity index (χ1) is 7.26. The van der Waals surface area contributed by atoms with E-state index in [1.807, 2.05) is 24.3 Å². The van der Waals surface area contributed by atoms with Crippen LogP contribution in [0.25, 0.3) is 0 Å². The maximum atomic E-state index is 9.21. The molecule has 0 amide bonds. The normalized spacial score (nSPS) is 17.6. The first-order valence-electron chi connectivity index (χ1n) is 4.76. The van der Waals surface area contributed by atoms with E-state index in [9.17, 15) is 5.26 Å². The topological polar surface area (TPSA) is 23.8 Å². The monoisotopic (exact) mass is 235 g/mol. The smallest absolute Gasteiger partial charge is 0.114 e. The second-order valence-corrected chi connectivity index (χ2v) is 5.35. The van der Waals surface area contributed by atoms with Gasteiger partial charge >= 0.3 is 0 Å². The van der Waals surface area contributed by atoms with Crippen molar-refractivity contribution >= 4 is 23.4 Å². The molecule has 1 aliphatic carbocycles. The molecule has 0 unspecified atom stereocenters. The van der Waals surface area contributed by atoms with Crippen molar-refractivity contribution in [1.82, 2.24) is 0 Å². The van der Waals surface area contributed by atoms with Crippen LogP contribution in [-0.4, -0.2) is 4.75 Å². The lowest BCUT2D eigenvalue weighted by Crippen LogP contribution is -2.17. The van der Waals surface area contributed by atoms with Crippen LogP contribution in [0.4, 0.5) is 0 Å². The second kappa shape index (κ2) is 4.30.